The minimum atomic E-state index is -0.996. The molecule has 0 saturated carbocycles. The second-order valence-electron chi connectivity index (χ2n) is 14.3. The number of benzene rings is 4. The zero-order valence-corrected chi connectivity index (χ0v) is 34.4. The number of carbonyl (C=O) groups is 1. The zero-order chi connectivity index (χ0) is 40.5. The van der Waals surface area contributed by atoms with E-state index in [0.29, 0.717) is 25.6 Å². The molecule has 10 nitrogen and oxygen atoms in total. The summed E-state index contributed by atoms with van der Waals surface area (Å²) >= 11 is 1.53. The van der Waals surface area contributed by atoms with Gasteiger partial charge < -0.3 is 42.6 Å². The second kappa shape index (κ2) is 23.1. The standard InChI is InChI=1S/C47H56O10S/c1-5-27-50-43-41(39(32-49-28-35-19-11-7-12-20-35)56-47(58-6-2)45(43)55-34(4)48)57-46-44(53-31-38-25-17-10-18-26-38)42(52-30-37-23-15-9-16-24-37)40(33(3)54-46)51-29-36-21-13-8-14-22-36/h5,7-26,33,39-47H,1,6,27-32H2,2-4H3/t33-,39+,40+,41+,42+,43-,44-,45-,46-,47+/m0/s1. The topological polar surface area (TPSA) is 100 Å². The van der Waals surface area contributed by atoms with Crippen molar-refractivity contribution in [3.63, 3.8) is 0 Å². The summed E-state index contributed by atoms with van der Waals surface area (Å²) in [6.45, 7) is 10.9. The third-order valence-corrected chi connectivity index (χ3v) is 10.9. The Balaban J connectivity index is 1.35. The summed E-state index contributed by atoms with van der Waals surface area (Å²) in [5.41, 5.74) is 3.46. The summed E-state index contributed by atoms with van der Waals surface area (Å²) in [5, 5.41) is 0. The molecule has 11 heteroatoms. The highest BCUT2D eigenvalue weighted by molar-refractivity contribution is 7.99. The summed E-state index contributed by atoms with van der Waals surface area (Å²) in [7, 11) is 0. The lowest BCUT2D eigenvalue weighted by Gasteiger charge is -2.49. The Labute approximate surface area is 347 Å². The molecule has 0 bridgehead atoms. The van der Waals surface area contributed by atoms with Gasteiger partial charge >= 0.3 is 5.97 Å². The van der Waals surface area contributed by atoms with Crippen LogP contribution in [0.15, 0.2) is 134 Å². The Hall–Kier alpha value is -3.88. The maximum Gasteiger partial charge on any atom is 0.303 e. The molecule has 0 unspecified atom stereocenters. The van der Waals surface area contributed by atoms with Crippen LogP contribution in [0.1, 0.15) is 43.0 Å². The zero-order valence-electron chi connectivity index (χ0n) is 33.5. The van der Waals surface area contributed by atoms with Gasteiger partial charge in [-0.1, -0.05) is 134 Å². The predicted molar refractivity (Wildman–Crippen MR) is 223 cm³/mol. The van der Waals surface area contributed by atoms with E-state index in [1.54, 1.807) is 6.08 Å². The first kappa shape index (κ1) is 43.7. The third-order valence-electron chi connectivity index (χ3n) is 9.90. The van der Waals surface area contributed by atoms with Crippen molar-refractivity contribution in [3.8, 4) is 0 Å². The number of carbonyl (C=O) groups excluding carboxylic acids is 1. The molecule has 10 atom stereocenters. The lowest BCUT2D eigenvalue weighted by atomic mass is 9.96. The highest BCUT2D eigenvalue weighted by Crippen LogP contribution is 2.38. The molecule has 2 heterocycles. The fourth-order valence-corrected chi connectivity index (χ4v) is 8.11. The molecular formula is C47H56O10S. The van der Waals surface area contributed by atoms with E-state index < -0.39 is 66.5 Å². The Morgan fingerprint density at radius 1 is 0.638 bits per heavy atom. The van der Waals surface area contributed by atoms with Crippen LogP contribution in [0.4, 0.5) is 0 Å². The molecule has 0 radical (unpaired) electrons. The minimum Gasteiger partial charge on any atom is -0.456 e. The van der Waals surface area contributed by atoms with Gasteiger partial charge in [-0.05, 0) is 34.9 Å². The summed E-state index contributed by atoms with van der Waals surface area (Å²) in [6, 6.07) is 39.9. The van der Waals surface area contributed by atoms with Gasteiger partial charge in [-0.25, -0.2) is 0 Å². The van der Waals surface area contributed by atoms with Crippen LogP contribution in [0.25, 0.3) is 0 Å². The lowest BCUT2D eigenvalue weighted by molar-refractivity contribution is -0.352. The van der Waals surface area contributed by atoms with Gasteiger partial charge in [0.1, 0.15) is 42.1 Å². The predicted octanol–water partition coefficient (Wildman–Crippen LogP) is 8.07. The van der Waals surface area contributed by atoms with Crippen molar-refractivity contribution in [2.24, 2.45) is 0 Å². The van der Waals surface area contributed by atoms with Crippen molar-refractivity contribution >= 4 is 17.7 Å². The van der Waals surface area contributed by atoms with Crippen LogP contribution in [0, 0.1) is 0 Å². The fourth-order valence-electron chi connectivity index (χ4n) is 7.16. The molecule has 4 aromatic rings. The normalized spacial score (nSPS) is 27.2. The first-order chi connectivity index (χ1) is 28.4. The van der Waals surface area contributed by atoms with Crippen molar-refractivity contribution in [2.45, 2.75) is 108 Å². The van der Waals surface area contributed by atoms with Gasteiger partial charge in [-0.3, -0.25) is 4.79 Å². The Kier molecular flexibility index (Phi) is 17.4. The van der Waals surface area contributed by atoms with Crippen LogP contribution in [0.3, 0.4) is 0 Å². The SMILES string of the molecule is C=CCO[C@@H]1[C@H](OC(C)=O)[C@@H](SCC)O[C@H](COCc2ccccc2)[C@H]1O[C@@H]1O[C@@H](C)[C@@H](OCc2ccccc2)[C@@H](OCc2ccccc2)[C@@H]1OCc1ccccc1. The van der Waals surface area contributed by atoms with Gasteiger partial charge in [0.2, 0.25) is 0 Å². The summed E-state index contributed by atoms with van der Waals surface area (Å²) < 4.78 is 59.8. The van der Waals surface area contributed by atoms with E-state index in [2.05, 4.69) is 6.58 Å². The van der Waals surface area contributed by atoms with E-state index in [1.165, 1.54) is 18.7 Å². The van der Waals surface area contributed by atoms with Gasteiger partial charge in [0.15, 0.2) is 12.4 Å². The van der Waals surface area contributed by atoms with E-state index >= 15 is 0 Å². The molecular weight excluding hydrogens is 757 g/mol. The van der Waals surface area contributed by atoms with Crippen molar-refractivity contribution in [3.05, 3.63) is 156 Å². The molecule has 2 aliphatic rings. The lowest BCUT2D eigenvalue weighted by Crippen LogP contribution is -2.65. The molecule has 0 spiro atoms. The fraction of sp³-hybridized carbons (Fsp3) is 0.426. The van der Waals surface area contributed by atoms with Gasteiger partial charge in [-0.15, -0.1) is 18.3 Å². The number of hydrogen-bond donors (Lipinski definition) is 0. The number of thioether (sulfide) groups is 1. The smallest absolute Gasteiger partial charge is 0.303 e. The van der Waals surface area contributed by atoms with Crippen LogP contribution in [0.5, 0.6) is 0 Å². The molecule has 58 heavy (non-hydrogen) atoms. The van der Waals surface area contributed by atoms with E-state index in [0.717, 1.165) is 22.3 Å². The molecule has 0 aliphatic carbocycles. The molecule has 2 saturated heterocycles. The highest BCUT2D eigenvalue weighted by Gasteiger charge is 2.54. The van der Waals surface area contributed by atoms with Crippen LogP contribution in [-0.2, 0) is 73.9 Å². The first-order valence-corrected chi connectivity index (χ1v) is 21.0. The van der Waals surface area contributed by atoms with E-state index in [9.17, 15) is 4.79 Å². The van der Waals surface area contributed by atoms with Gasteiger partial charge in [0, 0.05) is 6.92 Å². The van der Waals surface area contributed by atoms with Gasteiger partial charge in [0.25, 0.3) is 0 Å². The van der Waals surface area contributed by atoms with Crippen molar-refractivity contribution in [1.29, 1.82) is 0 Å². The number of hydrogen-bond acceptors (Lipinski definition) is 11. The summed E-state index contributed by atoms with van der Waals surface area (Å²) in [5.74, 6) is 0.253. The number of ether oxygens (including phenoxy) is 9. The molecule has 0 aromatic heterocycles. The van der Waals surface area contributed by atoms with Gasteiger partial charge in [0.05, 0.1) is 45.7 Å². The minimum absolute atomic E-state index is 0.162. The molecule has 6 rings (SSSR count). The highest BCUT2D eigenvalue weighted by atomic mass is 32.2. The van der Waals surface area contributed by atoms with Crippen LogP contribution < -0.4 is 0 Å². The van der Waals surface area contributed by atoms with Crippen LogP contribution in [0.2, 0.25) is 0 Å². The average Bonchev–Trinajstić information content (AvgIpc) is 3.24. The first-order valence-electron chi connectivity index (χ1n) is 20.0. The maximum absolute atomic E-state index is 12.6. The third kappa shape index (κ3) is 12.6. The second-order valence-corrected chi connectivity index (χ2v) is 15.6. The van der Waals surface area contributed by atoms with E-state index in [1.807, 2.05) is 135 Å². The molecule has 4 aromatic carbocycles. The molecule has 0 amide bonds. The number of esters is 1. The largest absolute Gasteiger partial charge is 0.456 e. The average molecular weight is 813 g/mol. The molecule has 2 fully saturated rings. The monoisotopic (exact) mass is 812 g/mol. The number of rotatable bonds is 21. The Morgan fingerprint density at radius 3 is 1.62 bits per heavy atom. The molecule has 310 valence electrons. The Morgan fingerprint density at radius 2 is 1.12 bits per heavy atom. The van der Waals surface area contributed by atoms with E-state index in [-0.39, 0.29) is 19.8 Å². The van der Waals surface area contributed by atoms with Crippen LogP contribution >= 0.6 is 11.8 Å². The maximum atomic E-state index is 12.6. The van der Waals surface area contributed by atoms with E-state index in [4.69, 9.17) is 42.6 Å². The van der Waals surface area contributed by atoms with Crippen LogP contribution in [-0.4, -0.2) is 85.5 Å². The van der Waals surface area contributed by atoms with Crippen molar-refractivity contribution < 1.29 is 47.4 Å². The van der Waals surface area contributed by atoms with Crippen molar-refractivity contribution in [2.75, 3.05) is 19.0 Å². The molecule has 0 N–H and O–H groups in total. The summed E-state index contributed by atoms with van der Waals surface area (Å²) in [4.78, 5) is 12.6. The summed E-state index contributed by atoms with van der Waals surface area (Å²) in [6.07, 6.45) is -4.89. The molecule has 2 aliphatic heterocycles. The van der Waals surface area contributed by atoms with Crippen molar-refractivity contribution in [1.82, 2.24) is 0 Å². The Bertz CT molecular complexity index is 1770. The quantitative estimate of drug-likeness (QED) is 0.0604. The van der Waals surface area contributed by atoms with Gasteiger partial charge in [-0.2, -0.15) is 0 Å².